The van der Waals surface area contributed by atoms with Crippen LogP contribution in [0.3, 0.4) is 0 Å². The lowest BCUT2D eigenvalue weighted by atomic mass is 10.3. The predicted molar refractivity (Wildman–Crippen MR) is 111 cm³/mol. The highest BCUT2D eigenvalue weighted by molar-refractivity contribution is 7.99. The number of nitrogens with one attached hydrogen (secondary N) is 2. The van der Waals surface area contributed by atoms with Crippen LogP contribution in [0.2, 0.25) is 5.02 Å². The van der Waals surface area contributed by atoms with E-state index in [0.717, 1.165) is 23.9 Å². The second-order valence-electron chi connectivity index (χ2n) is 6.16. The highest BCUT2D eigenvalue weighted by Gasteiger charge is 2.15. The number of benzene rings is 2. The van der Waals surface area contributed by atoms with Crippen molar-refractivity contribution in [2.45, 2.75) is 11.6 Å². The molecule has 11 heteroatoms. The molecule has 1 aromatic heterocycles. The van der Waals surface area contributed by atoms with Gasteiger partial charge in [-0.2, -0.15) is 0 Å². The Labute approximate surface area is 179 Å². The van der Waals surface area contributed by atoms with Gasteiger partial charge >= 0.3 is 0 Å². The fourth-order valence-corrected chi connectivity index (χ4v) is 3.26. The van der Waals surface area contributed by atoms with Gasteiger partial charge in [0.05, 0.1) is 12.2 Å². The lowest BCUT2D eigenvalue weighted by Crippen LogP contribution is -2.17. The largest absolute Gasteiger partial charge is 0.326 e. The maximum Gasteiger partial charge on any atom is 0.234 e. The monoisotopic (exact) mass is 451 g/mol. The van der Waals surface area contributed by atoms with E-state index in [9.17, 15) is 18.4 Å². The molecule has 0 bridgehead atoms. The SMILES string of the molecule is Cn1c(CC(=O)Nc2ccc(Cl)cc2)nnc1SCC(=O)Nc1ccc(F)c(F)c1. The highest BCUT2D eigenvalue weighted by Crippen LogP contribution is 2.18. The molecule has 7 nitrogen and oxygen atoms in total. The quantitative estimate of drug-likeness (QED) is 0.535. The normalized spacial score (nSPS) is 10.7. The summed E-state index contributed by atoms with van der Waals surface area (Å²) in [6.07, 6.45) is -0.00621. The van der Waals surface area contributed by atoms with Crippen molar-refractivity contribution in [3.8, 4) is 0 Å². The smallest absolute Gasteiger partial charge is 0.234 e. The first kappa shape index (κ1) is 21.7. The van der Waals surface area contributed by atoms with E-state index in [0.29, 0.717) is 21.7 Å². The van der Waals surface area contributed by atoms with Gasteiger partial charge in [0, 0.05) is 29.5 Å². The zero-order valence-electron chi connectivity index (χ0n) is 15.7. The predicted octanol–water partition coefficient (Wildman–Crippen LogP) is 3.66. The van der Waals surface area contributed by atoms with Crippen molar-refractivity contribution >= 4 is 46.6 Å². The highest BCUT2D eigenvalue weighted by atomic mass is 35.5. The molecule has 0 atom stereocenters. The molecule has 2 amide bonds. The van der Waals surface area contributed by atoms with Crippen LogP contribution in [0.5, 0.6) is 0 Å². The van der Waals surface area contributed by atoms with Gasteiger partial charge in [-0.3, -0.25) is 9.59 Å². The minimum atomic E-state index is -1.05. The first-order valence-corrected chi connectivity index (χ1v) is 9.99. The molecule has 0 fully saturated rings. The minimum Gasteiger partial charge on any atom is -0.326 e. The van der Waals surface area contributed by atoms with Crippen LogP contribution in [0.1, 0.15) is 5.82 Å². The van der Waals surface area contributed by atoms with E-state index >= 15 is 0 Å². The Morgan fingerprint density at radius 3 is 2.37 bits per heavy atom. The van der Waals surface area contributed by atoms with Crippen LogP contribution in [0.25, 0.3) is 0 Å². The number of rotatable bonds is 7. The standard InChI is InChI=1S/C19H16ClF2N5O2S/c1-27-16(9-17(28)23-12-4-2-11(20)3-5-12)25-26-19(27)30-10-18(29)24-13-6-7-14(21)15(22)8-13/h2-8H,9-10H2,1H3,(H,23,28)(H,24,29). The van der Waals surface area contributed by atoms with E-state index in [1.165, 1.54) is 6.07 Å². The molecular formula is C19H16ClF2N5O2S. The summed E-state index contributed by atoms with van der Waals surface area (Å²) in [6.45, 7) is 0. The maximum atomic E-state index is 13.2. The Kier molecular flexibility index (Phi) is 7.01. The molecule has 0 radical (unpaired) electrons. The van der Waals surface area contributed by atoms with E-state index in [4.69, 9.17) is 11.6 Å². The van der Waals surface area contributed by atoms with Crippen LogP contribution in [0, 0.1) is 11.6 Å². The lowest BCUT2D eigenvalue weighted by molar-refractivity contribution is -0.116. The Balaban J connectivity index is 1.53. The van der Waals surface area contributed by atoms with Crippen molar-refractivity contribution < 1.29 is 18.4 Å². The van der Waals surface area contributed by atoms with Crippen molar-refractivity contribution in [3.63, 3.8) is 0 Å². The third-order valence-electron chi connectivity index (χ3n) is 3.91. The number of hydrogen-bond acceptors (Lipinski definition) is 5. The fourth-order valence-electron chi connectivity index (χ4n) is 2.41. The van der Waals surface area contributed by atoms with E-state index < -0.39 is 17.5 Å². The number of nitrogens with zero attached hydrogens (tertiary/aromatic N) is 3. The van der Waals surface area contributed by atoms with Gasteiger partial charge in [0.15, 0.2) is 16.8 Å². The van der Waals surface area contributed by atoms with Gasteiger partial charge in [0.2, 0.25) is 11.8 Å². The van der Waals surface area contributed by atoms with Crippen molar-refractivity contribution in [3.05, 3.63) is 64.9 Å². The maximum absolute atomic E-state index is 13.2. The Bertz CT molecular complexity index is 1080. The number of carbonyl (C=O) groups is 2. The molecule has 2 aromatic carbocycles. The summed E-state index contributed by atoms with van der Waals surface area (Å²) in [7, 11) is 1.68. The number of aromatic nitrogens is 3. The minimum absolute atomic E-state index is 0.00621. The Morgan fingerprint density at radius 2 is 1.67 bits per heavy atom. The van der Waals surface area contributed by atoms with E-state index in [1.54, 1.807) is 35.9 Å². The zero-order chi connectivity index (χ0) is 21.7. The third-order valence-corrected chi connectivity index (χ3v) is 5.18. The van der Waals surface area contributed by atoms with Gasteiger partial charge in [-0.05, 0) is 36.4 Å². The first-order chi connectivity index (χ1) is 14.3. The average Bonchev–Trinajstić information content (AvgIpc) is 3.04. The molecule has 0 unspecified atom stereocenters. The second-order valence-corrected chi connectivity index (χ2v) is 7.53. The molecular weight excluding hydrogens is 436 g/mol. The molecule has 3 rings (SSSR count). The molecule has 3 aromatic rings. The molecule has 0 saturated carbocycles. The van der Waals surface area contributed by atoms with E-state index in [-0.39, 0.29) is 23.8 Å². The first-order valence-electron chi connectivity index (χ1n) is 8.63. The number of amides is 2. The zero-order valence-corrected chi connectivity index (χ0v) is 17.2. The van der Waals surface area contributed by atoms with Crippen molar-refractivity contribution in [1.82, 2.24) is 14.8 Å². The van der Waals surface area contributed by atoms with Crippen LogP contribution in [0.4, 0.5) is 20.2 Å². The van der Waals surface area contributed by atoms with Gasteiger partial charge in [0.1, 0.15) is 5.82 Å². The van der Waals surface area contributed by atoms with Crippen LogP contribution in [0.15, 0.2) is 47.6 Å². The molecule has 30 heavy (non-hydrogen) atoms. The van der Waals surface area contributed by atoms with E-state index in [2.05, 4.69) is 20.8 Å². The molecule has 0 saturated heterocycles. The van der Waals surface area contributed by atoms with Crippen LogP contribution < -0.4 is 10.6 Å². The van der Waals surface area contributed by atoms with E-state index in [1.807, 2.05) is 0 Å². The summed E-state index contributed by atoms with van der Waals surface area (Å²) >= 11 is 6.91. The second kappa shape index (κ2) is 9.68. The molecule has 0 aliphatic carbocycles. The lowest BCUT2D eigenvalue weighted by Gasteiger charge is -2.07. The summed E-state index contributed by atoms with van der Waals surface area (Å²) in [6, 6.07) is 9.80. The van der Waals surface area contributed by atoms with Crippen LogP contribution >= 0.6 is 23.4 Å². The van der Waals surface area contributed by atoms with Gasteiger partial charge in [-0.1, -0.05) is 23.4 Å². The summed E-state index contributed by atoms with van der Waals surface area (Å²) in [4.78, 5) is 24.2. The molecule has 0 aliphatic rings. The van der Waals surface area contributed by atoms with Gasteiger partial charge < -0.3 is 15.2 Å². The molecule has 1 heterocycles. The van der Waals surface area contributed by atoms with Crippen molar-refractivity contribution in [2.24, 2.45) is 7.05 Å². The van der Waals surface area contributed by atoms with Gasteiger partial charge in [-0.15, -0.1) is 10.2 Å². The van der Waals surface area contributed by atoms with Crippen molar-refractivity contribution in [1.29, 1.82) is 0 Å². The summed E-state index contributed by atoms with van der Waals surface area (Å²) in [5, 5.41) is 14.2. The fraction of sp³-hybridized carbons (Fsp3) is 0.158. The Morgan fingerprint density at radius 1 is 1.00 bits per heavy atom. The van der Waals surface area contributed by atoms with Crippen LogP contribution in [-0.2, 0) is 23.1 Å². The average molecular weight is 452 g/mol. The molecule has 0 spiro atoms. The number of thioether (sulfide) groups is 1. The van der Waals surface area contributed by atoms with Crippen molar-refractivity contribution in [2.75, 3.05) is 16.4 Å². The van der Waals surface area contributed by atoms with Gasteiger partial charge in [-0.25, -0.2) is 8.78 Å². The number of hydrogen-bond donors (Lipinski definition) is 2. The topological polar surface area (TPSA) is 88.9 Å². The molecule has 0 aliphatic heterocycles. The molecule has 156 valence electrons. The summed E-state index contributed by atoms with van der Waals surface area (Å²) < 4.78 is 27.7. The van der Waals surface area contributed by atoms with Gasteiger partial charge in [0.25, 0.3) is 0 Å². The third kappa shape index (κ3) is 5.77. The summed E-state index contributed by atoms with van der Waals surface area (Å²) in [5.74, 6) is -2.34. The Hall–Kier alpha value is -2.98. The number of halogens is 3. The number of anilines is 2. The summed E-state index contributed by atoms with van der Waals surface area (Å²) in [5.41, 5.74) is 0.757. The van der Waals surface area contributed by atoms with Crippen LogP contribution in [-0.4, -0.2) is 32.3 Å². The molecule has 2 N–H and O–H groups in total. The number of carbonyl (C=O) groups excluding carboxylic acids is 2.